The second-order valence-corrected chi connectivity index (χ2v) is 9.62. The molecule has 5 nitrogen and oxygen atoms in total. The topological polar surface area (TPSA) is 36.3 Å². The van der Waals surface area contributed by atoms with Crippen LogP contribution in [0.15, 0.2) is 42.5 Å². The summed E-state index contributed by atoms with van der Waals surface area (Å²) < 4.78 is 2.24. The number of nitrogens with zero attached hydrogens (tertiary/aromatic N) is 4. The highest BCUT2D eigenvalue weighted by molar-refractivity contribution is 5.80. The monoisotopic (exact) mass is 471 g/mol. The predicted octanol–water partition coefficient (Wildman–Crippen LogP) is 5.52. The molecule has 186 valence electrons. The summed E-state index contributed by atoms with van der Waals surface area (Å²) in [5, 5.41) is 3.38. The van der Waals surface area contributed by atoms with E-state index in [1.165, 1.54) is 42.5 Å². The molecule has 35 heavy (non-hydrogen) atoms. The lowest BCUT2D eigenvalue weighted by molar-refractivity contribution is 0.109. The van der Waals surface area contributed by atoms with Gasteiger partial charge in [0.25, 0.3) is 0 Å². The molecule has 1 aliphatic rings. The van der Waals surface area contributed by atoms with Gasteiger partial charge in [0.05, 0.1) is 17.6 Å². The summed E-state index contributed by atoms with van der Waals surface area (Å²) >= 11 is 0. The van der Waals surface area contributed by atoms with Crippen molar-refractivity contribution in [1.29, 1.82) is 0 Å². The van der Waals surface area contributed by atoms with E-state index in [9.17, 15) is 0 Å². The summed E-state index contributed by atoms with van der Waals surface area (Å²) in [7, 11) is 0. The summed E-state index contributed by atoms with van der Waals surface area (Å²) in [6.45, 7) is 16.0. The maximum Gasteiger partial charge on any atom is 0.186 e. The van der Waals surface area contributed by atoms with Crippen molar-refractivity contribution in [1.82, 2.24) is 19.4 Å². The highest BCUT2D eigenvalue weighted by Crippen LogP contribution is 2.24. The van der Waals surface area contributed by atoms with Crippen LogP contribution in [0.1, 0.15) is 57.0 Å². The van der Waals surface area contributed by atoms with Gasteiger partial charge in [0.2, 0.25) is 0 Å². The maximum atomic E-state index is 5.01. The Morgan fingerprint density at radius 3 is 2.51 bits per heavy atom. The normalized spacial score (nSPS) is 14.9. The number of hydrogen-bond donors (Lipinski definition) is 1. The fourth-order valence-corrected chi connectivity index (χ4v) is 5.26. The number of rotatable bonds is 9. The first-order valence-electron chi connectivity index (χ1n) is 13.4. The third-order valence-corrected chi connectivity index (χ3v) is 7.20. The van der Waals surface area contributed by atoms with E-state index in [2.05, 4.69) is 102 Å². The van der Waals surface area contributed by atoms with Gasteiger partial charge in [0, 0.05) is 24.8 Å². The molecule has 2 aromatic carbocycles. The SMILES string of the molecule is CCCN(CC)C1CCN(Cc2cccc3c2nc(C#CCNc2ccc(C)cc2)n3CC)CC1. The Labute approximate surface area is 211 Å². The van der Waals surface area contributed by atoms with Crippen molar-refractivity contribution >= 4 is 16.7 Å². The van der Waals surface area contributed by atoms with Crippen molar-refractivity contribution in [3.63, 3.8) is 0 Å². The lowest BCUT2D eigenvalue weighted by Gasteiger charge is -2.38. The predicted molar refractivity (Wildman–Crippen MR) is 148 cm³/mol. The molecule has 1 fully saturated rings. The van der Waals surface area contributed by atoms with Crippen LogP contribution >= 0.6 is 0 Å². The van der Waals surface area contributed by atoms with Crippen LogP contribution in [0.3, 0.4) is 0 Å². The zero-order valence-electron chi connectivity index (χ0n) is 22.0. The van der Waals surface area contributed by atoms with Crippen LogP contribution in [-0.4, -0.2) is 58.1 Å². The molecular formula is C30H41N5. The molecule has 0 amide bonds. The third kappa shape index (κ3) is 6.25. The van der Waals surface area contributed by atoms with Crippen molar-refractivity contribution in [2.45, 2.75) is 66.1 Å². The zero-order chi connectivity index (χ0) is 24.6. The van der Waals surface area contributed by atoms with Gasteiger partial charge < -0.3 is 14.8 Å². The Kier molecular flexibility index (Phi) is 8.84. The summed E-state index contributed by atoms with van der Waals surface area (Å²) in [5.41, 5.74) is 5.97. The molecule has 1 N–H and O–H groups in total. The summed E-state index contributed by atoms with van der Waals surface area (Å²) in [6, 6.07) is 15.8. The Morgan fingerprint density at radius 1 is 1.06 bits per heavy atom. The molecule has 0 aliphatic carbocycles. The van der Waals surface area contributed by atoms with Crippen LogP contribution in [0.5, 0.6) is 0 Å². The Balaban J connectivity index is 1.44. The van der Waals surface area contributed by atoms with Gasteiger partial charge in [-0.1, -0.05) is 49.6 Å². The van der Waals surface area contributed by atoms with Gasteiger partial charge in [-0.05, 0) is 89.0 Å². The molecule has 1 aromatic heterocycles. The van der Waals surface area contributed by atoms with Crippen LogP contribution < -0.4 is 5.32 Å². The second-order valence-electron chi connectivity index (χ2n) is 9.62. The van der Waals surface area contributed by atoms with E-state index < -0.39 is 0 Å². The minimum Gasteiger partial charge on any atom is -0.374 e. The molecule has 2 heterocycles. The Bertz CT molecular complexity index is 1140. The molecule has 5 heteroatoms. The van der Waals surface area contributed by atoms with Crippen molar-refractivity contribution in [2.75, 3.05) is 38.0 Å². The summed E-state index contributed by atoms with van der Waals surface area (Å²) in [4.78, 5) is 10.3. The molecule has 1 saturated heterocycles. The van der Waals surface area contributed by atoms with Gasteiger partial charge in [-0.2, -0.15) is 0 Å². The molecule has 3 aromatic rings. The number of para-hydroxylation sites is 1. The second kappa shape index (κ2) is 12.2. The summed E-state index contributed by atoms with van der Waals surface area (Å²) in [5.74, 6) is 7.45. The molecular weight excluding hydrogens is 430 g/mol. The standard InChI is InChI=1S/C30H41N5/c1-5-20-34(6-2)27-17-21-33(22-18-27)23-25-10-8-11-28-30(25)32-29(35(28)7-3)12-9-19-31-26-15-13-24(4)14-16-26/h8,10-11,13-16,27,31H,5-7,17-23H2,1-4H3. The molecule has 0 spiro atoms. The molecule has 1 aliphatic heterocycles. The van der Waals surface area contributed by atoms with Gasteiger partial charge in [-0.15, -0.1) is 0 Å². The number of aromatic nitrogens is 2. The van der Waals surface area contributed by atoms with E-state index in [1.807, 2.05) is 0 Å². The molecule has 0 radical (unpaired) electrons. The van der Waals surface area contributed by atoms with Crippen LogP contribution in [0.4, 0.5) is 5.69 Å². The van der Waals surface area contributed by atoms with Crippen molar-refractivity contribution < 1.29 is 0 Å². The van der Waals surface area contributed by atoms with Crippen LogP contribution in [0.25, 0.3) is 11.0 Å². The van der Waals surface area contributed by atoms with Crippen LogP contribution in [0.2, 0.25) is 0 Å². The van der Waals surface area contributed by atoms with E-state index in [0.29, 0.717) is 6.54 Å². The van der Waals surface area contributed by atoms with E-state index in [0.717, 1.165) is 55.8 Å². The van der Waals surface area contributed by atoms with Crippen molar-refractivity contribution in [3.05, 3.63) is 59.4 Å². The number of aryl methyl sites for hydroxylation is 2. The van der Waals surface area contributed by atoms with E-state index in [4.69, 9.17) is 4.98 Å². The number of hydrogen-bond acceptors (Lipinski definition) is 4. The average molecular weight is 472 g/mol. The number of benzene rings is 2. The number of imidazole rings is 1. The van der Waals surface area contributed by atoms with E-state index in [1.54, 1.807) is 0 Å². The van der Waals surface area contributed by atoms with E-state index >= 15 is 0 Å². The number of nitrogens with one attached hydrogen (secondary N) is 1. The molecule has 0 bridgehead atoms. The Hall–Kier alpha value is -2.81. The largest absolute Gasteiger partial charge is 0.374 e. The molecule has 0 atom stereocenters. The first-order chi connectivity index (χ1) is 17.1. The molecule has 0 saturated carbocycles. The van der Waals surface area contributed by atoms with Gasteiger partial charge >= 0.3 is 0 Å². The fourth-order valence-electron chi connectivity index (χ4n) is 5.26. The first-order valence-corrected chi connectivity index (χ1v) is 13.4. The van der Waals surface area contributed by atoms with Crippen LogP contribution in [0, 0.1) is 18.8 Å². The third-order valence-electron chi connectivity index (χ3n) is 7.20. The van der Waals surface area contributed by atoms with E-state index in [-0.39, 0.29) is 0 Å². The fraction of sp³-hybridized carbons (Fsp3) is 0.500. The Morgan fingerprint density at radius 2 is 1.83 bits per heavy atom. The molecule has 4 rings (SSSR count). The van der Waals surface area contributed by atoms with Gasteiger partial charge in [-0.3, -0.25) is 4.90 Å². The van der Waals surface area contributed by atoms with Gasteiger partial charge in [-0.25, -0.2) is 4.98 Å². The maximum absolute atomic E-state index is 5.01. The van der Waals surface area contributed by atoms with Gasteiger partial charge in [0.15, 0.2) is 5.82 Å². The summed E-state index contributed by atoms with van der Waals surface area (Å²) in [6.07, 6.45) is 3.76. The number of anilines is 1. The zero-order valence-corrected chi connectivity index (χ0v) is 22.0. The average Bonchev–Trinajstić information content (AvgIpc) is 3.25. The van der Waals surface area contributed by atoms with Gasteiger partial charge in [0.1, 0.15) is 0 Å². The highest BCUT2D eigenvalue weighted by Gasteiger charge is 2.24. The quantitative estimate of drug-likeness (QED) is 0.417. The van der Waals surface area contributed by atoms with Crippen molar-refractivity contribution in [3.8, 4) is 11.8 Å². The minimum absolute atomic E-state index is 0.602. The first kappa shape index (κ1) is 25.3. The number of fused-ring (bicyclic) bond motifs is 1. The number of likely N-dealkylation sites (tertiary alicyclic amines) is 1. The molecule has 0 unspecified atom stereocenters. The van der Waals surface area contributed by atoms with Crippen molar-refractivity contribution in [2.24, 2.45) is 0 Å². The minimum atomic E-state index is 0.602. The lowest BCUT2D eigenvalue weighted by Crippen LogP contribution is -2.44. The van der Waals surface area contributed by atoms with Crippen LogP contribution in [-0.2, 0) is 13.1 Å². The highest BCUT2D eigenvalue weighted by atomic mass is 15.2. The smallest absolute Gasteiger partial charge is 0.186 e. The lowest BCUT2D eigenvalue weighted by atomic mass is 10.0. The number of piperidine rings is 1.